The van der Waals surface area contributed by atoms with E-state index in [4.69, 9.17) is 0 Å². The molecule has 1 atom stereocenters. The van der Waals surface area contributed by atoms with Gasteiger partial charge < -0.3 is 4.90 Å². The van der Waals surface area contributed by atoms with Crippen molar-refractivity contribution in [3.05, 3.63) is 35.7 Å². The second-order valence-corrected chi connectivity index (χ2v) is 7.44. The molecule has 128 valence electrons. The van der Waals surface area contributed by atoms with Crippen molar-refractivity contribution in [2.24, 2.45) is 0 Å². The normalized spacial score (nSPS) is 18.0. The SMILES string of the molecule is Cc1ccc(-n2cnnc2SCC(=O)N2CCCCC2C)c(C)c1. The fourth-order valence-corrected chi connectivity index (χ4v) is 4.05. The quantitative estimate of drug-likeness (QED) is 0.798. The van der Waals surface area contributed by atoms with Crippen LogP contribution in [-0.4, -0.2) is 43.9 Å². The minimum atomic E-state index is 0.197. The monoisotopic (exact) mass is 344 g/mol. The van der Waals surface area contributed by atoms with E-state index >= 15 is 0 Å². The smallest absolute Gasteiger partial charge is 0.233 e. The van der Waals surface area contributed by atoms with Crippen LogP contribution < -0.4 is 0 Å². The average Bonchev–Trinajstić information content (AvgIpc) is 3.01. The summed E-state index contributed by atoms with van der Waals surface area (Å²) in [4.78, 5) is 14.5. The van der Waals surface area contributed by atoms with Crippen LogP contribution in [0.25, 0.3) is 5.69 Å². The highest BCUT2D eigenvalue weighted by Gasteiger charge is 2.23. The lowest BCUT2D eigenvalue weighted by Crippen LogP contribution is -2.42. The van der Waals surface area contributed by atoms with Crippen molar-refractivity contribution in [1.82, 2.24) is 19.7 Å². The van der Waals surface area contributed by atoms with Crippen LogP contribution in [0.2, 0.25) is 0 Å². The second kappa shape index (κ2) is 7.38. The largest absolute Gasteiger partial charge is 0.339 e. The van der Waals surface area contributed by atoms with E-state index in [1.54, 1.807) is 6.33 Å². The number of thioether (sulfide) groups is 1. The zero-order valence-electron chi connectivity index (χ0n) is 14.5. The first-order chi connectivity index (χ1) is 11.6. The standard InChI is InChI=1S/C18H24N4OS/c1-13-7-8-16(14(2)10-13)22-12-19-20-18(22)24-11-17(23)21-9-5-4-6-15(21)3/h7-8,10,12,15H,4-6,9,11H2,1-3H3. The van der Waals surface area contributed by atoms with Gasteiger partial charge in [-0.05, 0) is 51.7 Å². The maximum absolute atomic E-state index is 12.5. The maximum atomic E-state index is 12.5. The third-order valence-electron chi connectivity index (χ3n) is 4.58. The van der Waals surface area contributed by atoms with Gasteiger partial charge in [-0.1, -0.05) is 29.5 Å². The summed E-state index contributed by atoms with van der Waals surface area (Å²) in [6.45, 7) is 7.18. The number of likely N-dealkylation sites (tertiary alicyclic amines) is 1. The number of amides is 1. The van der Waals surface area contributed by atoms with E-state index in [9.17, 15) is 4.79 Å². The number of benzene rings is 1. The molecular weight excluding hydrogens is 320 g/mol. The highest BCUT2D eigenvalue weighted by molar-refractivity contribution is 7.99. The summed E-state index contributed by atoms with van der Waals surface area (Å²) in [5.74, 6) is 0.607. The number of carbonyl (C=O) groups is 1. The van der Waals surface area contributed by atoms with E-state index in [0.29, 0.717) is 11.8 Å². The molecular formula is C18H24N4OS. The molecule has 0 saturated carbocycles. The van der Waals surface area contributed by atoms with Gasteiger partial charge in [0.05, 0.1) is 11.4 Å². The third-order valence-corrected chi connectivity index (χ3v) is 5.50. The van der Waals surface area contributed by atoms with E-state index in [1.165, 1.54) is 29.3 Å². The van der Waals surface area contributed by atoms with E-state index < -0.39 is 0 Å². The van der Waals surface area contributed by atoms with Crippen LogP contribution in [0.15, 0.2) is 29.7 Å². The van der Waals surface area contributed by atoms with E-state index in [-0.39, 0.29) is 5.91 Å². The zero-order valence-corrected chi connectivity index (χ0v) is 15.3. The number of aryl methyl sites for hydroxylation is 2. The van der Waals surface area contributed by atoms with E-state index in [1.807, 2.05) is 9.47 Å². The Bertz CT molecular complexity index is 728. The Balaban J connectivity index is 1.71. The van der Waals surface area contributed by atoms with Crippen molar-refractivity contribution in [3.8, 4) is 5.69 Å². The summed E-state index contributed by atoms with van der Waals surface area (Å²) < 4.78 is 1.96. The second-order valence-electron chi connectivity index (χ2n) is 6.49. The van der Waals surface area contributed by atoms with Crippen LogP contribution in [0.5, 0.6) is 0 Å². The Morgan fingerprint density at radius 3 is 2.92 bits per heavy atom. The molecule has 2 aromatic rings. The third kappa shape index (κ3) is 3.64. The summed E-state index contributed by atoms with van der Waals surface area (Å²) in [5.41, 5.74) is 3.47. The molecule has 3 rings (SSSR count). The van der Waals surface area contributed by atoms with Gasteiger partial charge in [0.25, 0.3) is 0 Å². The number of nitrogens with zero attached hydrogens (tertiary/aromatic N) is 4. The van der Waals surface area contributed by atoms with Crippen LogP contribution in [0, 0.1) is 13.8 Å². The first-order valence-corrected chi connectivity index (χ1v) is 9.44. The molecule has 5 nitrogen and oxygen atoms in total. The van der Waals surface area contributed by atoms with Crippen molar-refractivity contribution in [2.45, 2.75) is 51.2 Å². The summed E-state index contributed by atoms with van der Waals surface area (Å²) in [5, 5.41) is 9.00. The average molecular weight is 344 g/mol. The molecule has 1 amide bonds. The summed E-state index contributed by atoms with van der Waals surface area (Å²) >= 11 is 1.46. The number of hydrogen-bond acceptors (Lipinski definition) is 4. The molecule has 1 unspecified atom stereocenters. The minimum absolute atomic E-state index is 0.197. The van der Waals surface area contributed by atoms with Crippen molar-refractivity contribution in [3.63, 3.8) is 0 Å². The van der Waals surface area contributed by atoms with Crippen LogP contribution in [0.1, 0.15) is 37.3 Å². The van der Waals surface area contributed by atoms with Crippen LogP contribution in [0.4, 0.5) is 0 Å². The number of piperidine rings is 1. The lowest BCUT2D eigenvalue weighted by atomic mass is 10.0. The summed E-state index contributed by atoms with van der Waals surface area (Å²) in [6.07, 6.45) is 5.15. The fraction of sp³-hybridized carbons (Fsp3) is 0.500. The van der Waals surface area contributed by atoms with Crippen molar-refractivity contribution in [1.29, 1.82) is 0 Å². The van der Waals surface area contributed by atoms with Gasteiger partial charge in [0.1, 0.15) is 6.33 Å². The van der Waals surface area contributed by atoms with Gasteiger partial charge in [0.2, 0.25) is 5.91 Å². The topological polar surface area (TPSA) is 51.0 Å². The lowest BCUT2D eigenvalue weighted by Gasteiger charge is -2.33. The van der Waals surface area contributed by atoms with Gasteiger partial charge in [-0.25, -0.2) is 0 Å². The Kier molecular flexibility index (Phi) is 5.23. The molecule has 24 heavy (non-hydrogen) atoms. The van der Waals surface area contributed by atoms with Crippen molar-refractivity contribution in [2.75, 3.05) is 12.3 Å². The van der Waals surface area contributed by atoms with Crippen LogP contribution in [0.3, 0.4) is 0 Å². The number of carbonyl (C=O) groups excluding carboxylic acids is 1. The van der Waals surface area contributed by atoms with Gasteiger partial charge in [0, 0.05) is 12.6 Å². The van der Waals surface area contributed by atoms with Gasteiger partial charge in [-0.15, -0.1) is 10.2 Å². The lowest BCUT2D eigenvalue weighted by molar-refractivity contribution is -0.131. The highest BCUT2D eigenvalue weighted by atomic mass is 32.2. The molecule has 0 bridgehead atoms. The first kappa shape index (κ1) is 17.0. The maximum Gasteiger partial charge on any atom is 0.233 e. The fourth-order valence-electron chi connectivity index (χ4n) is 3.24. The predicted molar refractivity (Wildman–Crippen MR) is 96.6 cm³/mol. The molecule has 1 aliphatic heterocycles. The molecule has 2 heterocycles. The molecule has 0 N–H and O–H groups in total. The molecule has 0 aliphatic carbocycles. The predicted octanol–water partition coefficient (Wildman–Crippen LogP) is 3.38. The van der Waals surface area contributed by atoms with Crippen molar-refractivity contribution < 1.29 is 4.79 Å². The molecule has 1 saturated heterocycles. The highest BCUT2D eigenvalue weighted by Crippen LogP contribution is 2.24. The molecule has 0 radical (unpaired) electrons. The van der Waals surface area contributed by atoms with Crippen LogP contribution >= 0.6 is 11.8 Å². The van der Waals surface area contributed by atoms with Gasteiger partial charge >= 0.3 is 0 Å². The van der Waals surface area contributed by atoms with Gasteiger partial charge in [-0.2, -0.15) is 0 Å². The molecule has 1 aromatic carbocycles. The Morgan fingerprint density at radius 2 is 2.17 bits per heavy atom. The zero-order chi connectivity index (χ0) is 17.1. The van der Waals surface area contributed by atoms with Gasteiger partial charge in [-0.3, -0.25) is 9.36 Å². The summed E-state index contributed by atoms with van der Waals surface area (Å²) in [6, 6.07) is 6.65. The number of aromatic nitrogens is 3. The minimum Gasteiger partial charge on any atom is -0.339 e. The van der Waals surface area contributed by atoms with Crippen LogP contribution in [-0.2, 0) is 4.79 Å². The molecule has 1 aliphatic rings. The molecule has 0 spiro atoms. The Hall–Kier alpha value is -1.82. The molecule has 1 aromatic heterocycles. The first-order valence-electron chi connectivity index (χ1n) is 8.46. The number of hydrogen-bond donors (Lipinski definition) is 0. The van der Waals surface area contributed by atoms with Crippen molar-refractivity contribution >= 4 is 17.7 Å². The molecule has 1 fully saturated rings. The Morgan fingerprint density at radius 1 is 1.33 bits per heavy atom. The molecule has 6 heteroatoms. The van der Waals surface area contributed by atoms with Gasteiger partial charge in [0.15, 0.2) is 5.16 Å². The van der Waals surface area contributed by atoms with E-state index in [0.717, 1.165) is 30.2 Å². The van der Waals surface area contributed by atoms with E-state index in [2.05, 4.69) is 49.2 Å². The Labute approximate surface area is 147 Å². The summed E-state index contributed by atoms with van der Waals surface area (Å²) in [7, 11) is 0. The number of rotatable bonds is 4.